The number of allylic oxidation sites excluding steroid dienone is 1. The Balaban J connectivity index is 2.16. The first kappa shape index (κ1) is 23.5. The zero-order valence-electron chi connectivity index (χ0n) is 17.3. The number of aliphatic hydroxyl groups excluding tert-OH is 2. The van der Waals surface area contributed by atoms with Crippen LogP contribution in [0.25, 0.3) is 0 Å². The largest absolute Gasteiger partial charge is 0.493 e. The predicted molar refractivity (Wildman–Crippen MR) is 101 cm³/mol. The molecule has 0 spiro atoms. The van der Waals surface area contributed by atoms with Gasteiger partial charge in [0.15, 0.2) is 17.2 Å². The Morgan fingerprint density at radius 1 is 1.26 bits per heavy atom. The third kappa shape index (κ3) is 3.70. The highest BCUT2D eigenvalue weighted by Crippen LogP contribution is 2.56. The molecule has 1 saturated heterocycles. The number of halogens is 5. The summed E-state index contributed by atoms with van der Waals surface area (Å²) in [5.74, 6) is -5.32. The number of hydrogen-bond acceptors (Lipinski definition) is 5. The van der Waals surface area contributed by atoms with Crippen LogP contribution in [0.1, 0.15) is 32.3 Å². The Labute approximate surface area is 176 Å². The van der Waals surface area contributed by atoms with Gasteiger partial charge in [-0.1, -0.05) is 13.0 Å². The van der Waals surface area contributed by atoms with E-state index in [0.717, 1.165) is 20.1 Å². The van der Waals surface area contributed by atoms with Gasteiger partial charge >= 0.3 is 6.18 Å². The van der Waals surface area contributed by atoms with E-state index in [1.54, 1.807) is 6.92 Å². The van der Waals surface area contributed by atoms with Crippen molar-refractivity contribution in [2.75, 3.05) is 13.7 Å². The van der Waals surface area contributed by atoms with E-state index in [9.17, 15) is 32.2 Å². The van der Waals surface area contributed by atoms with Crippen molar-refractivity contribution in [1.29, 1.82) is 0 Å². The summed E-state index contributed by atoms with van der Waals surface area (Å²) in [6.45, 7) is 3.32. The molecule has 1 unspecified atom stereocenters. The monoisotopic (exact) mass is 449 g/mol. The van der Waals surface area contributed by atoms with Crippen LogP contribution in [0.4, 0.5) is 22.0 Å². The first-order valence-corrected chi connectivity index (χ1v) is 9.61. The molecule has 2 aliphatic heterocycles. The Bertz CT molecular complexity index is 929. The lowest BCUT2D eigenvalue weighted by atomic mass is 9.76. The number of benzene rings is 1. The van der Waals surface area contributed by atoms with Gasteiger partial charge < -0.3 is 25.0 Å². The molecule has 2 aliphatic rings. The van der Waals surface area contributed by atoms with Crippen molar-refractivity contribution in [2.24, 2.45) is 5.92 Å². The molecule has 31 heavy (non-hydrogen) atoms. The van der Waals surface area contributed by atoms with Crippen LogP contribution in [0.3, 0.4) is 0 Å². The summed E-state index contributed by atoms with van der Waals surface area (Å²) in [6.07, 6.45) is -6.05. The number of hydrogen-bond donors (Lipinski definition) is 3. The summed E-state index contributed by atoms with van der Waals surface area (Å²) in [4.78, 5) is 0. The van der Waals surface area contributed by atoms with Crippen molar-refractivity contribution in [1.82, 2.24) is 5.32 Å². The van der Waals surface area contributed by atoms with E-state index < -0.39 is 59.8 Å². The van der Waals surface area contributed by atoms with Gasteiger partial charge in [0.05, 0.1) is 19.8 Å². The SMILES string of the molecule is COc1c([C@H]2[C@H](C3=CC(O)C(CO)=C(C)N3)O[C@@](C)(C(F)(F)F)[C@H]2C)ccc(F)c1F. The maximum absolute atomic E-state index is 14.4. The smallest absolute Gasteiger partial charge is 0.417 e. The average Bonchev–Trinajstić information content (AvgIpc) is 2.96. The van der Waals surface area contributed by atoms with Crippen molar-refractivity contribution in [3.8, 4) is 5.75 Å². The molecule has 0 radical (unpaired) electrons. The predicted octanol–water partition coefficient (Wildman–Crippen LogP) is 3.53. The van der Waals surface area contributed by atoms with Crippen molar-refractivity contribution >= 4 is 0 Å². The zero-order valence-corrected chi connectivity index (χ0v) is 17.3. The summed E-state index contributed by atoms with van der Waals surface area (Å²) in [6, 6.07) is 2.01. The lowest BCUT2D eigenvalue weighted by molar-refractivity contribution is -0.272. The minimum atomic E-state index is -4.76. The van der Waals surface area contributed by atoms with E-state index in [1.807, 2.05) is 0 Å². The molecule has 0 bridgehead atoms. The van der Waals surface area contributed by atoms with Crippen LogP contribution in [0.15, 0.2) is 35.2 Å². The van der Waals surface area contributed by atoms with Crippen LogP contribution < -0.4 is 10.1 Å². The topological polar surface area (TPSA) is 71.0 Å². The molecule has 3 rings (SSSR count). The van der Waals surface area contributed by atoms with Crippen LogP contribution in [-0.2, 0) is 4.74 Å². The van der Waals surface area contributed by atoms with Crippen LogP contribution in [-0.4, -0.2) is 47.9 Å². The lowest BCUT2D eigenvalue weighted by Gasteiger charge is -2.32. The average molecular weight is 449 g/mol. The van der Waals surface area contributed by atoms with Crippen molar-refractivity contribution in [3.63, 3.8) is 0 Å². The molecule has 0 aromatic heterocycles. The van der Waals surface area contributed by atoms with Gasteiger partial charge in [-0.05, 0) is 26.0 Å². The van der Waals surface area contributed by atoms with Gasteiger partial charge in [-0.3, -0.25) is 0 Å². The van der Waals surface area contributed by atoms with Crippen molar-refractivity contribution in [2.45, 2.75) is 50.7 Å². The Hall–Kier alpha value is -2.17. The van der Waals surface area contributed by atoms with E-state index in [4.69, 9.17) is 9.47 Å². The van der Waals surface area contributed by atoms with Crippen LogP contribution >= 0.6 is 0 Å². The Morgan fingerprint density at radius 2 is 1.90 bits per heavy atom. The van der Waals surface area contributed by atoms with E-state index in [0.29, 0.717) is 5.70 Å². The number of nitrogens with one attached hydrogen (secondary N) is 1. The highest BCUT2D eigenvalue weighted by atomic mass is 19.4. The fourth-order valence-electron chi connectivity index (χ4n) is 4.29. The summed E-state index contributed by atoms with van der Waals surface area (Å²) in [5.41, 5.74) is -1.85. The second-order valence-corrected chi connectivity index (χ2v) is 7.94. The molecule has 5 nitrogen and oxygen atoms in total. The molecule has 1 aromatic carbocycles. The number of aliphatic hydroxyl groups is 2. The fraction of sp³-hybridized carbons (Fsp3) is 0.524. The van der Waals surface area contributed by atoms with Gasteiger partial charge in [-0.25, -0.2) is 4.39 Å². The number of methoxy groups -OCH3 is 1. The fourth-order valence-corrected chi connectivity index (χ4v) is 4.29. The van der Waals surface area contributed by atoms with Gasteiger partial charge in [0.2, 0.25) is 5.82 Å². The highest BCUT2D eigenvalue weighted by Gasteiger charge is 2.65. The quantitative estimate of drug-likeness (QED) is 0.614. The summed E-state index contributed by atoms with van der Waals surface area (Å²) in [7, 11) is 1.10. The minimum Gasteiger partial charge on any atom is -0.493 e. The first-order chi connectivity index (χ1) is 14.4. The van der Waals surface area contributed by atoms with E-state index in [1.165, 1.54) is 19.1 Å². The second kappa shape index (κ2) is 8.07. The maximum atomic E-state index is 14.4. The molecule has 0 amide bonds. The normalized spacial score (nSPS) is 31.5. The molecule has 1 aromatic rings. The van der Waals surface area contributed by atoms with Gasteiger partial charge in [0.25, 0.3) is 0 Å². The Kier molecular flexibility index (Phi) is 6.11. The molecular formula is C21H24F5NO4. The van der Waals surface area contributed by atoms with E-state index in [-0.39, 0.29) is 16.8 Å². The van der Waals surface area contributed by atoms with Crippen molar-refractivity contribution < 1.29 is 41.6 Å². The van der Waals surface area contributed by atoms with Gasteiger partial charge in [0, 0.05) is 34.4 Å². The molecular weight excluding hydrogens is 425 g/mol. The molecule has 10 heteroatoms. The Morgan fingerprint density at radius 3 is 2.42 bits per heavy atom. The summed E-state index contributed by atoms with van der Waals surface area (Å²) in [5, 5.41) is 22.6. The van der Waals surface area contributed by atoms with E-state index in [2.05, 4.69) is 5.32 Å². The van der Waals surface area contributed by atoms with E-state index >= 15 is 0 Å². The lowest BCUT2D eigenvalue weighted by Crippen LogP contribution is -2.47. The molecule has 172 valence electrons. The van der Waals surface area contributed by atoms with Crippen LogP contribution in [0.2, 0.25) is 0 Å². The number of rotatable bonds is 4. The molecule has 3 N–H and O–H groups in total. The van der Waals surface area contributed by atoms with Gasteiger partial charge in [-0.15, -0.1) is 0 Å². The summed E-state index contributed by atoms with van der Waals surface area (Å²) < 4.78 is 80.7. The third-order valence-electron chi connectivity index (χ3n) is 6.30. The highest BCUT2D eigenvalue weighted by molar-refractivity contribution is 5.44. The molecule has 1 fully saturated rings. The summed E-state index contributed by atoms with van der Waals surface area (Å²) >= 11 is 0. The standard InChI is InChI=1S/C21H24F5NO4/c1-9-16(11-5-6-13(22)17(23)18(11)30-4)19(31-20(9,3)21(24,25)26)14-7-15(29)12(8-28)10(2)27-14/h5-7,9,15-16,19,27-29H,8H2,1-4H3/t9-,15?,16-,19-,20+/m0/s1. The molecule has 2 heterocycles. The van der Waals surface area contributed by atoms with Crippen molar-refractivity contribution in [3.05, 3.63) is 52.4 Å². The molecule has 0 saturated carbocycles. The number of ether oxygens (including phenoxy) is 2. The second-order valence-electron chi connectivity index (χ2n) is 7.94. The number of alkyl halides is 3. The molecule has 0 aliphatic carbocycles. The number of dihydropyridines is 1. The zero-order chi connectivity index (χ0) is 23.3. The minimum absolute atomic E-state index is 0.0126. The van der Waals surface area contributed by atoms with Gasteiger partial charge in [0.1, 0.15) is 6.10 Å². The third-order valence-corrected chi connectivity index (χ3v) is 6.30. The van der Waals surface area contributed by atoms with Crippen LogP contribution in [0.5, 0.6) is 5.75 Å². The first-order valence-electron chi connectivity index (χ1n) is 9.61. The van der Waals surface area contributed by atoms with Gasteiger partial charge in [-0.2, -0.15) is 17.6 Å². The molecule has 5 atom stereocenters. The van der Waals surface area contributed by atoms with Crippen LogP contribution in [0, 0.1) is 17.6 Å². The maximum Gasteiger partial charge on any atom is 0.417 e.